The molecular weight excluding hydrogens is 342 g/mol. The highest BCUT2D eigenvalue weighted by atomic mass is 16.5. The number of methoxy groups -OCH3 is 3. The third-order valence-electron chi connectivity index (χ3n) is 4.68. The lowest BCUT2D eigenvalue weighted by molar-refractivity contribution is -0.120. The monoisotopic (exact) mass is 371 g/mol. The highest BCUT2D eigenvalue weighted by molar-refractivity contribution is 5.78. The van der Waals surface area contributed by atoms with Crippen LogP contribution in [0.25, 0.3) is 0 Å². The Bertz CT molecular complexity index is 740. The number of carbonyl (C=O) groups excluding carboxylic acids is 1. The summed E-state index contributed by atoms with van der Waals surface area (Å²) in [5, 5.41) is 3.06. The predicted molar refractivity (Wildman–Crippen MR) is 107 cm³/mol. The van der Waals surface area contributed by atoms with E-state index >= 15 is 0 Å². The zero-order valence-corrected chi connectivity index (χ0v) is 16.7. The molecule has 0 fully saturated rings. The molecule has 2 aromatic rings. The molecule has 1 N–H and O–H groups in total. The van der Waals surface area contributed by atoms with E-state index in [4.69, 9.17) is 14.2 Å². The first-order valence-corrected chi connectivity index (χ1v) is 9.10. The number of hydrogen-bond donors (Lipinski definition) is 1. The highest BCUT2D eigenvalue weighted by Gasteiger charge is 2.19. The minimum absolute atomic E-state index is 0.00583. The van der Waals surface area contributed by atoms with Crippen LogP contribution in [0.3, 0.4) is 0 Å². The molecule has 0 saturated carbocycles. The largest absolute Gasteiger partial charge is 0.497 e. The van der Waals surface area contributed by atoms with Gasteiger partial charge in [0.2, 0.25) is 5.91 Å². The Morgan fingerprint density at radius 3 is 2.15 bits per heavy atom. The molecule has 0 aliphatic rings. The smallest absolute Gasteiger partial charge is 0.224 e. The van der Waals surface area contributed by atoms with Crippen LogP contribution in [0.5, 0.6) is 17.2 Å². The molecule has 5 nitrogen and oxygen atoms in total. The molecule has 1 unspecified atom stereocenters. The molecule has 0 spiro atoms. The van der Waals surface area contributed by atoms with Gasteiger partial charge in [-0.05, 0) is 41.3 Å². The van der Waals surface area contributed by atoms with Crippen molar-refractivity contribution >= 4 is 5.91 Å². The molecule has 0 heterocycles. The number of hydrogen-bond acceptors (Lipinski definition) is 4. The van der Waals surface area contributed by atoms with Gasteiger partial charge >= 0.3 is 0 Å². The zero-order chi connectivity index (χ0) is 19.8. The molecule has 27 heavy (non-hydrogen) atoms. The van der Waals surface area contributed by atoms with E-state index in [1.165, 1.54) is 0 Å². The van der Waals surface area contributed by atoms with Crippen molar-refractivity contribution in [2.24, 2.45) is 5.92 Å². The minimum Gasteiger partial charge on any atom is -0.497 e. The van der Waals surface area contributed by atoms with Crippen molar-refractivity contribution in [3.05, 3.63) is 53.6 Å². The lowest BCUT2D eigenvalue weighted by Gasteiger charge is -2.23. The normalized spacial score (nSPS) is 11.8. The topological polar surface area (TPSA) is 56.8 Å². The Morgan fingerprint density at radius 2 is 1.59 bits per heavy atom. The zero-order valence-electron chi connectivity index (χ0n) is 16.7. The summed E-state index contributed by atoms with van der Waals surface area (Å²) in [5.74, 6) is 2.74. The van der Waals surface area contributed by atoms with Crippen LogP contribution in [0.1, 0.15) is 30.9 Å². The second kappa shape index (κ2) is 9.86. The Hall–Kier alpha value is -2.69. The van der Waals surface area contributed by atoms with Crippen LogP contribution in [-0.2, 0) is 11.2 Å². The molecule has 5 heteroatoms. The summed E-state index contributed by atoms with van der Waals surface area (Å²) < 4.78 is 15.9. The lowest BCUT2D eigenvalue weighted by Crippen LogP contribution is -2.31. The van der Waals surface area contributed by atoms with Crippen molar-refractivity contribution in [2.45, 2.75) is 26.2 Å². The van der Waals surface area contributed by atoms with Crippen molar-refractivity contribution in [3.63, 3.8) is 0 Å². The van der Waals surface area contributed by atoms with Crippen LogP contribution in [0.4, 0.5) is 0 Å². The quantitative estimate of drug-likeness (QED) is 0.728. The first-order chi connectivity index (χ1) is 13.0. The van der Waals surface area contributed by atoms with Gasteiger partial charge < -0.3 is 19.5 Å². The van der Waals surface area contributed by atoms with E-state index in [1.54, 1.807) is 21.3 Å². The predicted octanol–water partition coefficient (Wildman–Crippen LogP) is 3.81. The van der Waals surface area contributed by atoms with Gasteiger partial charge in [0.25, 0.3) is 0 Å². The maximum absolute atomic E-state index is 12.4. The van der Waals surface area contributed by atoms with Gasteiger partial charge in [0, 0.05) is 12.5 Å². The Morgan fingerprint density at radius 1 is 0.926 bits per heavy atom. The third-order valence-corrected chi connectivity index (χ3v) is 4.68. The molecule has 0 radical (unpaired) electrons. The SMILES string of the molecule is COc1ccc(CC(=O)NCC(c2ccc(OC)c(OC)c2)C(C)C)cc1. The molecule has 2 aromatic carbocycles. The van der Waals surface area contributed by atoms with Crippen LogP contribution in [0.2, 0.25) is 0 Å². The molecular formula is C22H29NO4. The highest BCUT2D eigenvalue weighted by Crippen LogP contribution is 2.33. The van der Waals surface area contributed by atoms with Crippen LogP contribution in [-0.4, -0.2) is 33.8 Å². The van der Waals surface area contributed by atoms with E-state index in [9.17, 15) is 4.79 Å². The van der Waals surface area contributed by atoms with E-state index in [1.807, 2.05) is 42.5 Å². The summed E-state index contributed by atoms with van der Waals surface area (Å²) in [5.41, 5.74) is 2.08. The van der Waals surface area contributed by atoms with Gasteiger partial charge in [0.15, 0.2) is 11.5 Å². The number of ether oxygens (including phenoxy) is 3. The van der Waals surface area contributed by atoms with Crippen LogP contribution in [0.15, 0.2) is 42.5 Å². The molecule has 146 valence electrons. The number of amides is 1. The summed E-state index contributed by atoms with van der Waals surface area (Å²) in [6, 6.07) is 13.5. The van der Waals surface area contributed by atoms with Gasteiger partial charge in [-0.2, -0.15) is 0 Å². The average molecular weight is 371 g/mol. The van der Waals surface area contributed by atoms with Gasteiger partial charge in [0.05, 0.1) is 27.8 Å². The number of nitrogens with one attached hydrogen (secondary N) is 1. The van der Waals surface area contributed by atoms with E-state index in [0.717, 1.165) is 16.9 Å². The summed E-state index contributed by atoms with van der Waals surface area (Å²) >= 11 is 0. The molecule has 1 amide bonds. The molecule has 0 aromatic heterocycles. The number of carbonyl (C=O) groups is 1. The molecule has 1 atom stereocenters. The van der Waals surface area contributed by atoms with E-state index in [0.29, 0.717) is 30.4 Å². The van der Waals surface area contributed by atoms with Crippen molar-refractivity contribution in [2.75, 3.05) is 27.9 Å². The lowest BCUT2D eigenvalue weighted by atomic mass is 9.88. The minimum atomic E-state index is 0.00583. The van der Waals surface area contributed by atoms with Crippen LogP contribution in [0, 0.1) is 5.92 Å². The first-order valence-electron chi connectivity index (χ1n) is 9.10. The van der Waals surface area contributed by atoms with Crippen LogP contribution < -0.4 is 19.5 Å². The van der Waals surface area contributed by atoms with E-state index in [2.05, 4.69) is 19.2 Å². The van der Waals surface area contributed by atoms with E-state index in [-0.39, 0.29) is 11.8 Å². The molecule has 0 saturated heterocycles. The summed E-state index contributed by atoms with van der Waals surface area (Å²) in [6.45, 7) is 4.87. The molecule has 0 bridgehead atoms. The molecule has 0 aliphatic carbocycles. The van der Waals surface area contributed by atoms with Gasteiger partial charge in [-0.25, -0.2) is 0 Å². The van der Waals surface area contributed by atoms with Gasteiger partial charge in [-0.1, -0.05) is 32.0 Å². The van der Waals surface area contributed by atoms with Crippen LogP contribution >= 0.6 is 0 Å². The molecule has 2 rings (SSSR count). The Balaban J connectivity index is 2.02. The average Bonchev–Trinajstić information content (AvgIpc) is 2.68. The van der Waals surface area contributed by atoms with Gasteiger partial charge in [0.1, 0.15) is 5.75 Å². The fraction of sp³-hybridized carbons (Fsp3) is 0.409. The van der Waals surface area contributed by atoms with Crippen molar-refractivity contribution in [3.8, 4) is 17.2 Å². The van der Waals surface area contributed by atoms with Crippen molar-refractivity contribution in [1.82, 2.24) is 5.32 Å². The maximum Gasteiger partial charge on any atom is 0.224 e. The summed E-state index contributed by atoms with van der Waals surface area (Å²) in [6.07, 6.45) is 0.348. The third kappa shape index (κ3) is 5.64. The second-order valence-electron chi connectivity index (χ2n) is 6.79. The Kier molecular flexibility index (Phi) is 7.53. The fourth-order valence-corrected chi connectivity index (χ4v) is 3.04. The number of rotatable bonds is 9. The van der Waals surface area contributed by atoms with Gasteiger partial charge in [-0.3, -0.25) is 4.79 Å². The Labute approximate surface area is 161 Å². The maximum atomic E-state index is 12.4. The van der Waals surface area contributed by atoms with E-state index < -0.39 is 0 Å². The van der Waals surface area contributed by atoms with Gasteiger partial charge in [-0.15, -0.1) is 0 Å². The standard InChI is InChI=1S/C22H29NO4/c1-15(2)19(17-8-11-20(26-4)21(13-17)27-5)14-23-22(24)12-16-6-9-18(25-3)10-7-16/h6-11,13,15,19H,12,14H2,1-5H3,(H,23,24). The summed E-state index contributed by atoms with van der Waals surface area (Å²) in [4.78, 5) is 12.4. The molecule has 0 aliphatic heterocycles. The van der Waals surface area contributed by atoms with Crippen molar-refractivity contribution < 1.29 is 19.0 Å². The fourth-order valence-electron chi connectivity index (χ4n) is 3.04. The van der Waals surface area contributed by atoms with Crippen molar-refractivity contribution in [1.29, 1.82) is 0 Å². The number of benzene rings is 2. The second-order valence-corrected chi connectivity index (χ2v) is 6.79. The first kappa shape index (κ1) is 20.6. The summed E-state index contributed by atoms with van der Waals surface area (Å²) in [7, 11) is 4.88.